The van der Waals surface area contributed by atoms with Crippen LogP contribution in [0.3, 0.4) is 0 Å². The number of aromatic nitrogens is 4. The van der Waals surface area contributed by atoms with Crippen molar-refractivity contribution in [2.24, 2.45) is 12.8 Å². The summed E-state index contributed by atoms with van der Waals surface area (Å²) >= 11 is 0. The maximum absolute atomic E-state index is 11.7. The van der Waals surface area contributed by atoms with Gasteiger partial charge in [0.25, 0.3) is 11.8 Å². The van der Waals surface area contributed by atoms with Crippen molar-refractivity contribution in [2.45, 2.75) is 26.4 Å². The molecule has 3 N–H and O–H groups in total. The molecule has 0 spiro atoms. The zero-order valence-electron chi connectivity index (χ0n) is 18.7. The summed E-state index contributed by atoms with van der Waals surface area (Å²) < 4.78 is 3.24. The summed E-state index contributed by atoms with van der Waals surface area (Å²) in [6.07, 6.45) is 8.67. The number of aryl methyl sites for hydroxylation is 1. The Morgan fingerprint density at radius 3 is 2.47 bits per heavy atom. The normalized spacial score (nSPS) is 14.7. The van der Waals surface area contributed by atoms with Crippen molar-refractivity contribution in [1.82, 2.24) is 24.5 Å². The van der Waals surface area contributed by atoms with Gasteiger partial charge < -0.3 is 15.7 Å². The van der Waals surface area contributed by atoms with Crippen LogP contribution in [0.25, 0.3) is 16.9 Å². The fraction of sp³-hybridized carbons (Fsp3) is 0.304. The second-order valence-corrected chi connectivity index (χ2v) is 6.80. The van der Waals surface area contributed by atoms with Gasteiger partial charge in [0.1, 0.15) is 6.10 Å². The molecule has 9 nitrogen and oxygen atoms in total. The molecule has 1 saturated heterocycles. The van der Waals surface area contributed by atoms with E-state index >= 15 is 0 Å². The molecule has 0 radical (unpaired) electrons. The van der Waals surface area contributed by atoms with Gasteiger partial charge in [0, 0.05) is 38.6 Å². The Bertz CT molecular complexity index is 1110. The number of nitrogens with two attached hydrogens (primary N) is 1. The van der Waals surface area contributed by atoms with Gasteiger partial charge in [0.15, 0.2) is 5.69 Å². The topological polar surface area (TPSA) is 119 Å². The minimum Gasteiger partial charge on any atom is -0.383 e. The van der Waals surface area contributed by atoms with Crippen LogP contribution in [0, 0.1) is 12.3 Å². The van der Waals surface area contributed by atoms with Gasteiger partial charge in [-0.15, -0.1) is 6.42 Å². The molecule has 168 valence electrons. The van der Waals surface area contributed by atoms with E-state index in [1.165, 1.54) is 4.90 Å². The molecule has 2 amide bonds. The van der Waals surface area contributed by atoms with Crippen LogP contribution in [-0.2, 0) is 11.8 Å². The molecule has 32 heavy (non-hydrogen) atoms. The van der Waals surface area contributed by atoms with Crippen LogP contribution in [0.15, 0.2) is 42.7 Å². The second-order valence-electron chi connectivity index (χ2n) is 6.80. The van der Waals surface area contributed by atoms with E-state index < -0.39 is 12.0 Å². The summed E-state index contributed by atoms with van der Waals surface area (Å²) in [5.41, 5.74) is 8.50. The van der Waals surface area contributed by atoms with Crippen molar-refractivity contribution in [2.75, 3.05) is 13.6 Å². The molecular formula is C23H28N6O3. The lowest BCUT2D eigenvalue weighted by atomic mass is 10.2. The molecule has 0 aliphatic carbocycles. The predicted octanol–water partition coefficient (Wildman–Crippen LogP) is 1.59. The van der Waals surface area contributed by atoms with Crippen LogP contribution in [0.2, 0.25) is 0 Å². The third kappa shape index (κ3) is 5.42. The Morgan fingerprint density at radius 2 is 2.00 bits per heavy atom. The molecule has 3 aromatic rings. The first-order chi connectivity index (χ1) is 15.3. The number of nitrogens with zero attached hydrogens (tertiary/aromatic N) is 5. The minimum absolute atomic E-state index is 0.148. The molecule has 1 aliphatic rings. The van der Waals surface area contributed by atoms with E-state index in [0.717, 1.165) is 16.9 Å². The molecule has 0 unspecified atom stereocenters. The second kappa shape index (κ2) is 10.9. The van der Waals surface area contributed by atoms with Gasteiger partial charge in [-0.1, -0.05) is 25.8 Å². The number of carbonyl (C=O) groups excluding carboxylic acids is 2. The van der Waals surface area contributed by atoms with Crippen molar-refractivity contribution in [3.63, 3.8) is 0 Å². The van der Waals surface area contributed by atoms with Crippen molar-refractivity contribution >= 4 is 11.8 Å². The molecule has 9 heteroatoms. The summed E-state index contributed by atoms with van der Waals surface area (Å²) in [6.45, 7) is 4.69. The van der Waals surface area contributed by atoms with Gasteiger partial charge in [-0.3, -0.25) is 14.3 Å². The van der Waals surface area contributed by atoms with Crippen LogP contribution in [-0.4, -0.2) is 61.1 Å². The number of rotatable bonds is 3. The molecule has 4 rings (SSSR count). The van der Waals surface area contributed by atoms with E-state index in [1.54, 1.807) is 41.9 Å². The van der Waals surface area contributed by atoms with Crippen LogP contribution >= 0.6 is 0 Å². The van der Waals surface area contributed by atoms with E-state index in [2.05, 4.69) is 16.1 Å². The summed E-state index contributed by atoms with van der Waals surface area (Å²) in [6, 6.07) is 9.12. The van der Waals surface area contributed by atoms with Gasteiger partial charge in [-0.2, -0.15) is 10.2 Å². The van der Waals surface area contributed by atoms with E-state index in [4.69, 9.17) is 17.3 Å². The van der Waals surface area contributed by atoms with Crippen molar-refractivity contribution in [3.05, 3.63) is 54.0 Å². The minimum atomic E-state index is -0.722. The smallest absolute Gasteiger partial charge is 0.269 e. The van der Waals surface area contributed by atoms with Gasteiger partial charge in [0.2, 0.25) is 0 Å². The molecule has 1 aromatic carbocycles. The number of aliphatic hydroxyl groups is 1. The Morgan fingerprint density at radius 1 is 1.28 bits per heavy atom. The van der Waals surface area contributed by atoms with Gasteiger partial charge in [0.05, 0.1) is 16.9 Å². The van der Waals surface area contributed by atoms with Gasteiger partial charge in [-0.05, 0) is 30.7 Å². The van der Waals surface area contributed by atoms with Crippen LogP contribution in [0.5, 0.6) is 0 Å². The maximum Gasteiger partial charge on any atom is 0.269 e. The number of benzene rings is 1. The quantitative estimate of drug-likeness (QED) is 0.604. The van der Waals surface area contributed by atoms with E-state index in [0.29, 0.717) is 18.5 Å². The molecule has 1 aliphatic heterocycles. The van der Waals surface area contributed by atoms with Gasteiger partial charge >= 0.3 is 0 Å². The first kappa shape index (κ1) is 24.4. The van der Waals surface area contributed by atoms with Crippen LogP contribution < -0.4 is 5.73 Å². The number of carbonyl (C=O) groups is 2. The monoisotopic (exact) mass is 436 g/mol. The fourth-order valence-corrected chi connectivity index (χ4v) is 3.06. The highest BCUT2D eigenvalue weighted by atomic mass is 16.3. The highest BCUT2D eigenvalue weighted by Crippen LogP contribution is 2.24. The third-order valence-electron chi connectivity index (χ3n) is 4.72. The average Bonchev–Trinajstić information content (AvgIpc) is 3.51. The number of likely N-dealkylation sites (tertiary alicyclic amines) is 1. The zero-order chi connectivity index (χ0) is 23.8. The molecule has 0 bridgehead atoms. The number of aliphatic hydroxyl groups excluding tert-OH is 1. The SMILES string of the molecule is C#Cc1cccc(-n2cc(-c3ccnn3C)c(C(N)=O)n2)c1.CC.CN1CC[C@H](O)C1=O. The van der Waals surface area contributed by atoms with Crippen molar-refractivity contribution < 1.29 is 14.7 Å². The molecule has 3 heterocycles. The van der Waals surface area contributed by atoms with Gasteiger partial charge in [-0.25, -0.2) is 4.68 Å². The number of hydrogen-bond donors (Lipinski definition) is 2. The highest BCUT2D eigenvalue weighted by Gasteiger charge is 2.26. The van der Waals surface area contributed by atoms with E-state index in [9.17, 15) is 9.59 Å². The Labute approximate surface area is 187 Å². The van der Waals surface area contributed by atoms with Crippen LogP contribution in [0.1, 0.15) is 36.3 Å². The zero-order valence-corrected chi connectivity index (χ0v) is 18.7. The highest BCUT2D eigenvalue weighted by molar-refractivity contribution is 5.97. The lowest BCUT2D eigenvalue weighted by molar-refractivity contribution is -0.133. The Balaban J connectivity index is 0.000000304. The predicted molar refractivity (Wildman–Crippen MR) is 122 cm³/mol. The third-order valence-corrected chi connectivity index (χ3v) is 4.72. The van der Waals surface area contributed by atoms with Crippen LogP contribution in [0.4, 0.5) is 0 Å². The number of terminal acetylenes is 1. The molecule has 0 saturated carbocycles. The summed E-state index contributed by atoms with van der Waals surface area (Å²) in [7, 11) is 3.48. The van der Waals surface area contributed by atoms with Crippen molar-refractivity contribution in [3.8, 4) is 29.3 Å². The Hall–Kier alpha value is -3.90. The fourth-order valence-electron chi connectivity index (χ4n) is 3.06. The van der Waals surface area contributed by atoms with E-state index in [1.807, 2.05) is 38.1 Å². The molecular weight excluding hydrogens is 408 g/mol. The number of primary amides is 1. The largest absolute Gasteiger partial charge is 0.383 e. The summed E-state index contributed by atoms with van der Waals surface area (Å²) in [5, 5.41) is 17.2. The lowest BCUT2D eigenvalue weighted by Gasteiger charge is -2.04. The molecule has 1 fully saturated rings. The lowest BCUT2D eigenvalue weighted by Crippen LogP contribution is -2.24. The summed E-state index contributed by atoms with van der Waals surface area (Å²) in [5.74, 6) is 1.83. The number of hydrogen-bond acceptors (Lipinski definition) is 5. The van der Waals surface area contributed by atoms with Crippen molar-refractivity contribution in [1.29, 1.82) is 0 Å². The number of likely N-dealkylation sites (N-methyl/N-ethyl adjacent to an activating group) is 1. The first-order valence-electron chi connectivity index (χ1n) is 10.2. The molecule has 1 atom stereocenters. The molecule has 2 aromatic heterocycles. The Kier molecular flexibility index (Phi) is 8.32. The average molecular weight is 437 g/mol. The standard InChI is InChI=1S/C16H13N5O.C5H9NO2.C2H6/c1-3-11-5-4-6-12(9-11)21-10-13(15(19-21)16(17)22)14-7-8-18-20(14)2;1-6-3-2-4(7)5(6)8;1-2/h1,4-10H,2H3,(H2,17,22);4,7H,2-3H2,1H3;1-2H3/t;4-;/m.0./s1. The van der Waals surface area contributed by atoms with E-state index in [-0.39, 0.29) is 11.6 Å². The first-order valence-corrected chi connectivity index (χ1v) is 10.2. The number of amides is 2. The maximum atomic E-state index is 11.7. The summed E-state index contributed by atoms with van der Waals surface area (Å²) in [4.78, 5) is 23.8.